The van der Waals surface area contributed by atoms with E-state index in [1.165, 1.54) is 12.8 Å². The summed E-state index contributed by atoms with van der Waals surface area (Å²) in [6.07, 6.45) is 2.63. The monoisotopic (exact) mass is 311 g/mol. The summed E-state index contributed by atoms with van der Waals surface area (Å²) in [5.74, 6) is 0.859. The first-order valence-corrected chi connectivity index (χ1v) is 6.84. The van der Waals surface area contributed by atoms with Crippen LogP contribution in [0.25, 0.3) is 0 Å². The molecule has 0 bridgehead atoms. The molecule has 1 fully saturated rings. The maximum absolute atomic E-state index is 7.40. The third-order valence-electron chi connectivity index (χ3n) is 3.11. The lowest BCUT2D eigenvalue weighted by atomic mass is 10.2. The van der Waals surface area contributed by atoms with Crippen molar-refractivity contribution >= 4 is 21.8 Å². The zero-order valence-corrected chi connectivity index (χ0v) is 12.0. The molecule has 0 aliphatic heterocycles. The fraction of sp³-hybridized carbons (Fsp3) is 0.462. The van der Waals surface area contributed by atoms with Crippen LogP contribution in [0, 0.1) is 5.41 Å². The van der Waals surface area contributed by atoms with Gasteiger partial charge in [0.25, 0.3) is 0 Å². The van der Waals surface area contributed by atoms with Gasteiger partial charge in [-0.05, 0) is 54.0 Å². The fourth-order valence-corrected chi connectivity index (χ4v) is 2.38. The van der Waals surface area contributed by atoms with Crippen molar-refractivity contribution in [1.82, 2.24) is 4.90 Å². The van der Waals surface area contributed by atoms with Crippen molar-refractivity contribution in [3.8, 4) is 5.75 Å². The van der Waals surface area contributed by atoms with E-state index >= 15 is 0 Å². The molecule has 1 aliphatic rings. The number of nitrogens with one attached hydrogen (secondary N) is 1. The number of nitrogens with two attached hydrogens (primary N) is 1. The Kier molecular flexibility index (Phi) is 4.24. The van der Waals surface area contributed by atoms with Crippen LogP contribution in [0.3, 0.4) is 0 Å². The highest BCUT2D eigenvalue weighted by Gasteiger charge is 2.25. The number of nitrogens with zero attached hydrogens (tertiary/aromatic N) is 1. The quantitative estimate of drug-likeness (QED) is 0.625. The summed E-state index contributed by atoms with van der Waals surface area (Å²) in [5, 5.41) is 7.40. The van der Waals surface area contributed by atoms with Gasteiger partial charge in [-0.1, -0.05) is 0 Å². The number of nitrogen functional groups attached to an aromatic ring is 1. The molecule has 0 heterocycles. The molecule has 0 aromatic heterocycles. The molecule has 3 N–H and O–H groups in total. The number of hydrogen-bond donors (Lipinski definition) is 2. The van der Waals surface area contributed by atoms with Crippen molar-refractivity contribution in [1.29, 1.82) is 5.41 Å². The van der Waals surface area contributed by atoms with E-state index in [9.17, 15) is 0 Å². The average Bonchev–Trinajstić information content (AvgIpc) is 3.12. The Hall–Kier alpha value is -1.07. The highest BCUT2D eigenvalue weighted by atomic mass is 79.9. The molecule has 98 valence electrons. The normalized spacial score (nSPS) is 14.8. The Balaban J connectivity index is 1.85. The van der Waals surface area contributed by atoms with Crippen LogP contribution >= 0.6 is 15.9 Å². The number of benzene rings is 1. The second kappa shape index (κ2) is 5.71. The third-order valence-corrected chi connectivity index (χ3v) is 3.77. The summed E-state index contributed by atoms with van der Waals surface area (Å²) in [6, 6.07) is 6.26. The summed E-state index contributed by atoms with van der Waals surface area (Å²) < 4.78 is 6.48. The number of ether oxygens (including phenoxy) is 1. The zero-order chi connectivity index (χ0) is 13.1. The van der Waals surface area contributed by atoms with Gasteiger partial charge in [0.15, 0.2) is 0 Å². The molecular formula is C13H18BrN3O. The summed E-state index contributed by atoms with van der Waals surface area (Å²) >= 11 is 3.39. The van der Waals surface area contributed by atoms with Crippen molar-refractivity contribution in [3.05, 3.63) is 28.2 Å². The minimum absolute atomic E-state index is 0.0573. The Labute approximate surface area is 116 Å². The van der Waals surface area contributed by atoms with Gasteiger partial charge in [0.1, 0.15) is 18.2 Å². The summed E-state index contributed by atoms with van der Waals surface area (Å²) in [5.41, 5.74) is 6.14. The van der Waals surface area contributed by atoms with Gasteiger partial charge in [0.2, 0.25) is 0 Å². The Morgan fingerprint density at radius 3 is 2.83 bits per heavy atom. The van der Waals surface area contributed by atoms with E-state index in [-0.39, 0.29) is 5.84 Å². The molecule has 4 nitrogen and oxygen atoms in total. The number of halogens is 1. The van der Waals surface area contributed by atoms with Gasteiger partial charge in [0, 0.05) is 22.6 Å². The minimum Gasteiger partial charge on any atom is -0.492 e. The second-order valence-electron chi connectivity index (χ2n) is 4.62. The number of amidine groups is 1. The number of likely N-dealkylation sites (N-methyl/N-ethyl adjacent to an activating group) is 1. The molecule has 0 atom stereocenters. The van der Waals surface area contributed by atoms with E-state index in [2.05, 4.69) is 27.9 Å². The molecule has 2 rings (SSSR count). The van der Waals surface area contributed by atoms with Crippen LogP contribution in [0.2, 0.25) is 0 Å². The molecule has 0 radical (unpaired) electrons. The highest BCUT2D eigenvalue weighted by molar-refractivity contribution is 9.10. The van der Waals surface area contributed by atoms with Crippen LogP contribution in [-0.2, 0) is 0 Å². The fourth-order valence-electron chi connectivity index (χ4n) is 1.81. The minimum atomic E-state index is 0.0573. The van der Waals surface area contributed by atoms with E-state index in [4.69, 9.17) is 15.9 Å². The maximum atomic E-state index is 7.40. The predicted molar refractivity (Wildman–Crippen MR) is 76.3 cm³/mol. The van der Waals surface area contributed by atoms with Crippen molar-refractivity contribution in [2.24, 2.45) is 5.73 Å². The molecule has 18 heavy (non-hydrogen) atoms. The van der Waals surface area contributed by atoms with Crippen LogP contribution in [-0.4, -0.2) is 37.0 Å². The molecule has 5 heteroatoms. The Morgan fingerprint density at radius 1 is 1.56 bits per heavy atom. The van der Waals surface area contributed by atoms with Gasteiger partial charge >= 0.3 is 0 Å². The van der Waals surface area contributed by atoms with Gasteiger partial charge in [-0.3, -0.25) is 5.41 Å². The van der Waals surface area contributed by atoms with Gasteiger partial charge < -0.3 is 15.4 Å². The van der Waals surface area contributed by atoms with Gasteiger partial charge in [-0.2, -0.15) is 0 Å². The largest absolute Gasteiger partial charge is 0.492 e. The lowest BCUT2D eigenvalue weighted by Gasteiger charge is -2.16. The summed E-state index contributed by atoms with van der Waals surface area (Å²) in [7, 11) is 2.13. The topological polar surface area (TPSA) is 62.3 Å². The van der Waals surface area contributed by atoms with Crippen molar-refractivity contribution < 1.29 is 4.74 Å². The van der Waals surface area contributed by atoms with Crippen molar-refractivity contribution in [3.63, 3.8) is 0 Å². The molecule has 0 amide bonds. The van der Waals surface area contributed by atoms with Crippen molar-refractivity contribution in [2.45, 2.75) is 18.9 Å². The smallest absolute Gasteiger partial charge is 0.123 e. The molecule has 0 saturated heterocycles. The van der Waals surface area contributed by atoms with Crippen molar-refractivity contribution in [2.75, 3.05) is 20.2 Å². The molecule has 1 saturated carbocycles. The highest BCUT2D eigenvalue weighted by Crippen LogP contribution is 2.25. The van der Waals surface area contributed by atoms with E-state index in [0.29, 0.717) is 12.2 Å². The lowest BCUT2D eigenvalue weighted by Crippen LogP contribution is -2.26. The van der Waals surface area contributed by atoms with E-state index in [1.54, 1.807) is 6.07 Å². The first kappa shape index (κ1) is 13.4. The van der Waals surface area contributed by atoms with Gasteiger partial charge in [-0.25, -0.2) is 0 Å². The first-order valence-electron chi connectivity index (χ1n) is 6.05. The zero-order valence-electron chi connectivity index (χ0n) is 10.4. The van der Waals surface area contributed by atoms with Gasteiger partial charge in [-0.15, -0.1) is 0 Å². The Morgan fingerprint density at radius 2 is 2.28 bits per heavy atom. The standard InChI is InChI=1S/C13H18BrN3O/c1-17(9-2-3-9)6-7-18-10-4-5-11(13(15)16)12(14)8-10/h4-5,8-9H,2-3,6-7H2,1H3,(H3,15,16). The van der Waals surface area contributed by atoms with Crippen LogP contribution in [0.1, 0.15) is 18.4 Å². The summed E-state index contributed by atoms with van der Waals surface area (Å²) in [6.45, 7) is 1.62. The summed E-state index contributed by atoms with van der Waals surface area (Å²) in [4.78, 5) is 2.33. The number of hydrogen-bond acceptors (Lipinski definition) is 3. The van der Waals surface area contributed by atoms with Crippen LogP contribution in [0.4, 0.5) is 0 Å². The average molecular weight is 312 g/mol. The van der Waals surface area contributed by atoms with E-state index in [1.807, 2.05) is 12.1 Å². The number of rotatable bonds is 6. The SMILES string of the molecule is CN(CCOc1ccc(C(=N)N)c(Br)c1)C1CC1. The van der Waals surface area contributed by atoms with E-state index in [0.717, 1.165) is 22.8 Å². The molecule has 1 aromatic rings. The lowest BCUT2D eigenvalue weighted by molar-refractivity contribution is 0.232. The third kappa shape index (κ3) is 3.46. The molecule has 1 aliphatic carbocycles. The maximum Gasteiger partial charge on any atom is 0.123 e. The second-order valence-corrected chi connectivity index (χ2v) is 5.47. The van der Waals surface area contributed by atoms with Gasteiger partial charge in [0.05, 0.1) is 0 Å². The van der Waals surface area contributed by atoms with Crippen LogP contribution < -0.4 is 10.5 Å². The molecule has 0 spiro atoms. The molecule has 1 aromatic carbocycles. The van der Waals surface area contributed by atoms with Crippen LogP contribution in [0.5, 0.6) is 5.75 Å². The predicted octanol–water partition coefficient (Wildman–Crippen LogP) is 2.21. The van der Waals surface area contributed by atoms with E-state index < -0.39 is 0 Å². The van der Waals surface area contributed by atoms with Crippen LogP contribution in [0.15, 0.2) is 22.7 Å². The molecular weight excluding hydrogens is 294 g/mol. The first-order chi connectivity index (χ1) is 8.58. The Bertz CT molecular complexity index is 446. The molecule has 0 unspecified atom stereocenters.